The molecule has 0 fully saturated rings. The maximum absolute atomic E-state index is 6.13. The van der Waals surface area contributed by atoms with Gasteiger partial charge in [0, 0.05) is 16.0 Å². The third-order valence-electron chi connectivity index (χ3n) is 2.52. The van der Waals surface area contributed by atoms with Crippen molar-refractivity contribution in [1.82, 2.24) is 4.98 Å². The molecule has 0 atom stereocenters. The molecule has 2 nitrogen and oxygen atoms in total. The normalized spacial score (nSPS) is 10.9. The van der Waals surface area contributed by atoms with Crippen LogP contribution < -0.4 is 0 Å². The van der Waals surface area contributed by atoms with Crippen LogP contribution in [0.1, 0.15) is 0 Å². The van der Waals surface area contributed by atoms with Gasteiger partial charge in [0.1, 0.15) is 0 Å². The standard InChI is InChI=1S/C13H7Cl2NO/c14-9-2-3-10(11(15)7-9)12-4-1-8-5-6-17-13(8)16-12/h1-7H. The average molecular weight is 264 g/mol. The van der Waals surface area contributed by atoms with E-state index in [4.69, 9.17) is 27.6 Å². The van der Waals surface area contributed by atoms with Gasteiger partial charge in [-0.2, -0.15) is 0 Å². The number of aromatic nitrogens is 1. The van der Waals surface area contributed by atoms with Crippen molar-refractivity contribution < 1.29 is 4.42 Å². The molecule has 2 aromatic heterocycles. The van der Waals surface area contributed by atoms with Gasteiger partial charge in [0.25, 0.3) is 0 Å². The van der Waals surface area contributed by atoms with Gasteiger partial charge in [-0.25, -0.2) is 4.98 Å². The smallest absolute Gasteiger partial charge is 0.226 e. The fourth-order valence-electron chi connectivity index (χ4n) is 1.69. The molecule has 0 aliphatic rings. The van der Waals surface area contributed by atoms with E-state index in [-0.39, 0.29) is 0 Å². The van der Waals surface area contributed by atoms with Gasteiger partial charge in [0.2, 0.25) is 5.71 Å². The van der Waals surface area contributed by atoms with Crippen LogP contribution in [-0.2, 0) is 0 Å². The number of fused-ring (bicyclic) bond motifs is 1. The summed E-state index contributed by atoms with van der Waals surface area (Å²) in [6.45, 7) is 0. The maximum Gasteiger partial charge on any atom is 0.226 e. The van der Waals surface area contributed by atoms with Crippen molar-refractivity contribution in [2.24, 2.45) is 0 Å². The number of furan rings is 1. The van der Waals surface area contributed by atoms with Gasteiger partial charge in [-0.05, 0) is 36.4 Å². The Balaban J connectivity index is 2.19. The summed E-state index contributed by atoms with van der Waals surface area (Å²) in [5.74, 6) is 0. The largest absolute Gasteiger partial charge is 0.446 e. The summed E-state index contributed by atoms with van der Waals surface area (Å²) in [5, 5.41) is 2.16. The third-order valence-corrected chi connectivity index (χ3v) is 3.07. The lowest BCUT2D eigenvalue weighted by Gasteiger charge is -2.03. The molecular weight excluding hydrogens is 257 g/mol. The highest BCUT2D eigenvalue weighted by atomic mass is 35.5. The number of benzene rings is 1. The molecule has 3 rings (SSSR count). The molecule has 84 valence electrons. The van der Waals surface area contributed by atoms with E-state index in [0.29, 0.717) is 15.8 Å². The number of pyridine rings is 1. The molecule has 0 bridgehead atoms. The molecule has 0 radical (unpaired) electrons. The summed E-state index contributed by atoms with van der Waals surface area (Å²) in [5.41, 5.74) is 2.22. The summed E-state index contributed by atoms with van der Waals surface area (Å²) in [7, 11) is 0. The number of hydrogen-bond acceptors (Lipinski definition) is 2. The van der Waals surface area contributed by atoms with Gasteiger partial charge >= 0.3 is 0 Å². The van der Waals surface area contributed by atoms with Gasteiger partial charge in [-0.3, -0.25) is 0 Å². The molecule has 0 aliphatic heterocycles. The van der Waals surface area contributed by atoms with E-state index in [1.165, 1.54) is 0 Å². The zero-order valence-corrected chi connectivity index (χ0v) is 10.2. The minimum Gasteiger partial charge on any atom is -0.446 e. The first-order chi connectivity index (χ1) is 8.24. The molecule has 0 unspecified atom stereocenters. The van der Waals surface area contributed by atoms with Gasteiger partial charge in [-0.1, -0.05) is 23.2 Å². The van der Waals surface area contributed by atoms with Crippen LogP contribution in [0, 0.1) is 0 Å². The summed E-state index contributed by atoms with van der Waals surface area (Å²) in [6, 6.07) is 11.1. The van der Waals surface area contributed by atoms with Crippen LogP contribution in [0.3, 0.4) is 0 Å². The monoisotopic (exact) mass is 263 g/mol. The number of nitrogens with zero attached hydrogens (tertiary/aromatic N) is 1. The van der Waals surface area contributed by atoms with Crippen LogP contribution in [0.25, 0.3) is 22.4 Å². The van der Waals surface area contributed by atoms with Crippen LogP contribution in [0.4, 0.5) is 0 Å². The van der Waals surface area contributed by atoms with Crippen molar-refractivity contribution in [2.75, 3.05) is 0 Å². The van der Waals surface area contributed by atoms with Gasteiger partial charge in [0.15, 0.2) is 0 Å². The molecule has 0 spiro atoms. The molecule has 17 heavy (non-hydrogen) atoms. The maximum atomic E-state index is 6.13. The Kier molecular flexibility index (Phi) is 2.54. The molecule has 1 aromatic carbocycles. The van der Waals surface area contributed by atoms with Crippen molar-refractivity contribution in [3.63, 3.8) is 0 Å². The Bertz CT molecular complexity index is 691. The number of halogens is 2. The first-order valence-corrected chi connectivity index (χ1v) is 5.79. The Morgan fingerprint density at radius 3 is 2.71 bits per heavy atom. The molecule has 0 saturated carbocycles. The first-order valence-electron chi connectivity index (χ1n) is 5.04. The van der Waals surface area contributed by atoms with E-state index in [1.807, 2.05) is 24.3 Å². The predicted molar refractivity (Wildman–Crippen MR) is 69.5 cm³/mol. The van der Waals surface area contributed by atoms with E-state index in [2.05, 4.69) is 4.98 Å². The summed E-state index contributed by atoms with van der Waals surface area (Å²) in [4.78, 5) is 4.40. The first kappa shape index (κ1) is 10.6. The fourth-order valence-corrected chi connectivity index (χ4v) is 2.20. The third kappa shape index (κ3) is 1.90. The zero-order valence-electron chi connectivity index (χ0n) is 8.65. The van der Waals surface area contributed by atoms with Crippen LogP contribution in [-0.4, -0.2) is 4.98 Å². The Morgan fingerprint density at radius 1 is 1.00 bits per heavy atom. The van der Waals surface area contributed by atoms with Gasteiger partial charge in [-0.15, -0.1) is 0 Å². The summed E-state index contributed by atoms with van der Waals surface area (Å²) < 4.78 is 5.26. The lowest BCUT2D eigenvalue weighted by molar-refractivity contribution is 0.603. The highest BCUT2D eigenvalue weighted by Crippen LogP contribution is 2.30. The molecule has 0 saturated heterocycles. The molecule has 0 aliphatic carbocycles. The van der Waals surface area contributed by atoms with E-state index in [9.17, 15) is 0 Å². The lowest BCUT2D eigenvalue weighted by atomic mass is 10.1. The lowest BCUT2D eigenvalue weighted by Crippen LogP contribution is -1.84. The van der Waals surface area contributed by atoms with Crippen LogP contribution in [0.15, 0.2) is 47.1 Å². The van der Waals surface area contributed by atoms with E-state index >= 15 is 0 Å². The van der Waals surface area contributed by atoms with Crippen molar-refractivity contribution in [1.29, 1.82) is 0 Å². The van der Waals surface area contributed by atoms with E-state index < -0.39 is 0 Å². The van der Waals surface area contributed by atoms with Crippen molar-refractivity contribution in [2.45, 2.75) is 0 Å². The summed E-state index contributed by atoms with van der Waals surface area (Å²) in [6.07, 6.45) is 1.62. The summed E-state index contributed by atoms with van der Waals surface area (Å²) >= 11 is 12.0. The highest BCUT2D eigenvalue weighted by molar-refractivity contribution is 6.36. The van der Waals surface area contributed by atoms with Crippen LogP contribution in [0.2, 0.25) is 10.0 Å². The SMILES string of the molecule is Clc1ccc(-c2ccc3ccoc3n2)c(Cl)c1. The molecule has 0 N–H and O–H groups in total. The molecular formula is C13H7Cl2NO. The average Bonchev–Trinajstić information content (AvgIpc) is 2.75. The van der Waals surface area contributed by atoms with Crippen LogP contribution >= 0.6 is 23.2 Å². The predicted octanol–water partition coefficient (Wildman–Crippen LogP) is 4.80. The minimum atomic E-state index is 0.580. The van der Waals surface area contributed by atoms with E-state index in [1.54, 1.807) is 18.4 Å². The second-order valence-electron chi connectivity index (χ2n) is 3.64. The highest BCUT2D eigenvalue weighted by Gasteiger charge is 2.07. The second kappa shape index (κ2) is 4.06. The molecule has 3 aromatic rings. The zero-order chi connectivity index (χ0) is 11.8. The van der Waals surface area contributed by atoms with Crippen molar-refractivity contribution in [3.05, 3.63) is 52.7 Å². The fraction of sp³-hybridized carbons (Fsp3) is 0. The minimum absolute atomic E-state index is 0.580. The number of rotatable bonds is 1. The molecule has 4 heteroatoms. The quantitative estimate of drug-likeness (QED) is 0.630. The molecule has 0 amide bonds. The van der Waals surface area contributed by atoms with Crippen molar-refractivity contribution in [3.8, 4) is 11.3 Å². The number of hydrogen-bond donors (Lipinski definition) is 0. The Morgan fingerprint density at radius 2 is 1.88 bits per heavy atom. The second-order valence-corrected chi connectivity index (χ2v) is 4.48. The Labute approximate surface area is 108 Å². The van der Waals surface area contributed by atoms with Gasteiger partial charge < -0.3 is 4.42 Å². The topological polar surface area (TPSA) is 26.0 Å². The van der Waals surface area contributed by atoms with Crippen LogP contribution in [0.5, 0.6) is 0 Å². The van der Waals surface area contributed by atoms with Crippen molar-refractivity contribution >= 4 is 34.3 Å². The van der Waals surface area contributed by atoms with E-state index in [0.717, 1.165) is 16.6 Å². The Hall–Kier alpha value is -1.51. The van der Waals surface area contributed by atoms with Gasteiger partial charge in [0.05, 0.1) is 17.0 Å². The molecule has 2 heterocycles.